The summed E-state index contributed by atoms with van der Waals surface area (Å²) in [5.74, 6) is 0.537. The lowest BCUT2D eigenvalue weighted by atomic mass is 10.2. The molecule has 0 bridgehead atoms. The molecule has 4 rings (SSSR count). The first kappa shape index (κ1) is 22.6. The molecule has 1 saturated heterocycles. The van der Waals surface area contributed by atoms with Crippen LogP contribution in [-0.2, 0) is 22.1 Å². The number of H-pyrrole nitrogens is 1. The zero-order valence-electron chi connectivity index (χ0n) is 16.6. The van der Waals surface area contributed by atoms with Gasteiger partial charge in [0.25, 0.3) is 0 Å². The number of amides is 1. The highest BCUT2D eigenvalue weighted by Crippen LogP contribution is 2.18. The summed E-state index contributed by atoms with van der Waals surface area (Å²) in [6, 6.07) is 11.4. The van der Waals surface area contributed by atoms with Crippen LogP contribution in [0.2, 0.25) is 0 Å². The highest BCUT2D eigenvalue weighted by molar-refractivity contribution is 14.1. The van der Waals surface area contributed by atoms with Gasteiger partial charge in [0, 0.05) is 51.4 Å². The lowest BCUT2D eigenvalue weighted by Gasteiger charge is -2.33. The van der Waals surface area contributed by atoms with E-state index in [1.807, 2.05) is 36.4 Å². The molecule has 1 aromatic heterocycles. The number of hydrogen-bond donors (Lipinski definition) is 1. The van der Waals surface area contributed by atoms with Crippen molar-refractivity contribution in [3.05, 3.63) is 50.0 Å². The predicted molar refractivity (Wildman–Crippen MR) is 130 cm³/mol. The summed E-state index contributed by atoms with van der Waals surface area (Å²) in [6.45, 7) is 3.65. The number of benzene rings is 2. The van der Waals surface area contributed by atoms with Gasteiger partial charge in [-0.05, 0) is 64.6 Å². The minimum atomic E-state index is -1.10. The van der Waals surface area contributed by atoms with Crippen molar-refractivity contribution >= 4 is 66.4 Å². The Morgan fingerprint density at radius 2 is 1.90 bits per heavy atom. The molecule has 0 radical (unpaired) electrons. The lowest BCUT2D eigenvalue weighted by Crippen LogP contribution is -2.49. The molecular formula is C20H21BrIN5O3S. The van der Waals surface area contributed by atoms with Crippen LogP contribution in [0.3, 0.4) is 0 Å². The number of ether oxygens (including phenoxy) is 1. The molecule has 2 heterocycles. The topological polar surface area (TPSA) is 91.4 Å². The summed E-state index contributed by atoms with van der Waals surface area (Å²) >= 11 is 5.70. The van der Waals surface area contributed by atoms with Gasteiger partial charge >= 0.3 is 6.09 Å². The first-order valence-electron chi connectivity index (χ1n) is 9.76. The zero-order valence-corrected chi connectivity index (χ0v) is 21.2. The molecule has 1 fully saturated rings. The van der Waals surface area contributed by atoms with Crippen LogP contribution < -0.4 is 0 Å². The zero-order chi connectivity index (χ0) is 21.8. The van der Waals surface area contributed by atoms with Gasteiger partial charge in [-0.15, -0.1) is 0 Å². The van der Waals surface area contributed by atoms with Crippen LogP contribution in [0.1, 0.15) is 5.56 Å². The number of rotatable bonds is 6. The van der Waals surface area contributed by atoms with E-state index >= 15 is 0 Å². The third-order valence-electron chi connectivity index (χ3n) is 5.06. The Morgan fingerprint density at radius 3 is 2.68 bits per heavy atom. The van der Waals surface area contributed by atoms with Gasteiger partial charge in [0.2, 0.25) is 0 Å². The van der Waals surface area contributed by atoms with Crippen LogP contribution in [0, 0.1) is 3.57 Å². The minimum absolute atomic E-state index is 0.253. The maximum Gasteiger partial charge on any atom is 0.410 e. The van der Waals surface area contributed by atoms with E-state index in [9.17, 15) is 9.00 Å². The maximum absolute atomic E-state index is 12.6. The molecule has 0 saturated carbocycles. The molecule has 11 heteroatoms. The molecule has 31 heavy (non-hydrogen) atoms. The molecule has 1 aliphatic rings. The Hall–Kier alpha value is -1.57. The third kappa shape index (κ3) is 6.02. The van der Waals surface area contributed by atoms with Crippen LogP contribution >= 0.6 is 38.5 Å². The lowest BCUT2D eigenvalue weighted by molar-refractivity contribution is 0.0730. The quantitative estimate of drug-likeness (QED) is 0.427. The van der Waals surface area contributed by atoms with E-state index < -0.39 is 10.8 Å². The van der Waals surface area contributed by atoms with E-state index in [1.54, 1.807) is 4.90 Å². The predicted octanol–water partition coefficient (Wildman–Crippen LogP) is 3.39. The van der Waals surface area contributed by atoms with Crippen LogP contribution in [0.15, 0.2) is 45.8 Å². The van der Waals surface area contributed by atoms with Crippen molar-refractivity contribution in [2.75, 3.05) is 38.5 Å². The number of aromatic nitrogens is 3. The highest BCUT2D eigenvalue weighted by Gasteiger charge is 2.22. The number of carbonyl (C=O) groups is 1. The molecule has 1 unspecified atom stereocenters. The summed E-state index contributed by atoms with van der Waals surface area (Å²) < 4.78 is 20.2. The van der Waals surface area contributed by atoms with Crippen molar-refractivity contribution < 1.29 is 13.7 Å². The number of nitrogens with one attached hydrogen (secondary N) is 1. The highest BCUT2D eigenvalue weighted by atomic mass is 127. The Labute approximate surface area is 204 Å². The van der Waals surface area contributed by atoms with E-state index in [1.165, 1.54) is 0 Å². The smallest absolute Gasteiger partial charge is 0.410 e. The molecule has 1 aliphatic heterocycles. The van der Waals surface area contributed by atoms with Gasteiger partial charge in [-0.3, -0.25) is 9.11 Å². The van der Waals surface area contributed by atoms with E-state index in [2.05, 4.69) is 58.8 Å². The fourth-order valence-corrected chi connectivity index (χ4v) is 6.20. The fourth-order valence-electron chi connectivity index (χ4n) is 3.38. The van der Waals surface area contributed by atoms with Crippen molar-refractivity contribution in [2.45, 2.75) is 11.5 Å². The van der Waals surface area contributed by atoms with Crippen molar-refractivity contribution in [3.8, 4) is 0 Å². The second-order valence-electron chi connectivity index (χ2n) is 7.18. The first-order valence-corrected chi connectivity index (χ1v) is 12.9. The Kier molecular flexibility index (Phi) is 7.56. The van der Waals surface area contributed by atoms with Crippen LogP contribution in [-0.4, -0.2) is 74.0 Å². The largest absolute Gasteiger partial charge is 0.445 e. The van der Waals surface area contributed by atoms with Crippen molar-refractivity contribution in [2.24, 2.45) is 0 Å². The summed E-state index contributed by atoms with van der Waals surface area (Å²) in [5.41, 5.74) is 2.44. The number of aromatic amines is 1. The molecule has 2 aromatic carbocycles. The SMILES string of the molecule is O=C(OCc1cc(Br)cc(I)c1)N1CCN(CCS(=O)c2ccc3n[nH]nc3c2)CC1. The van der Waals surface area contributed by atoms with Crippen LogP contribution in [0.5, 0.6) is 0 Å². The van der Waals surface area contributed by atoms with Gasteiger partial charge in [0.15, 0.2) is 0 Å². The number of hydrogen-bond acceptors (Lipinski definition) is 6. The fraction of sp³-hybridized carbons (Fsp3) is 0.350. The number of fused-ring (bicyclic) bond motifs is 1. The van der Waals surface area contributed by atoms with Gasteiger partial charge in [0.05, 0.1) is 10.8 Å². The van der Waals surface area contributed by atoms with E-state index in [4.69, 9.17) is 4.74 Å². The first-order chi connectivity index (χ1) is 15.0. The van der Waals surface area contributed by atoms with Crippen molar-refractivity contribution in [1.29, 1.82) is 0 Å². The molecule has 8 nitrogen and oxygen atoms in total. The van der Waals surface area contributed by atoms with Crippen molar-refractivity contribution in [3.63, 3.8) is 0 Å². The van der Waals surface area contributed by atoms with Gasteiger partial charge in [-0.2, -0.15) is 15.4 Å². The summed E-state index contributed by atoms with van der Waals surface area (Å²) in [5, 5.41) is 10.6. The minimum Gasteiger partial charge on any atom is -0.445 e. The second kappa shape index (κ2) is 10.4. The standard InChI is InChI=1S/C20H21BrIN5O3S/c21-15-9-14(10-16(22)11-15)13-30-20(28)27-5-3-26(4-6-27)7-8-31(29)17-1-2-18-19(12-17)24-25-23-18/h1-2,9-12H,3-8,13H2,(H,23,24,25). The van der Waals surface area contributed by atoms with Gasteiger partial charge in [-0.1, -0.05) is 15.9 Å². The number of carbonyl (C=O) groups excluding carboxylic acids is 1. The van der Waals surface area contributed by atoms with Crippen molar-refractivity contribution in [1.82, 2.24) is 25.2 Å². The molecule has 1 atom stereocenters. The average Bonchev–Trinajstić information content (AvgIpc) is 3.23. The monoisotopic (exact) mass is 617 g/mol. The number of piperazine rings is 1. The molecule has 164 valence electrons. The summed E-state index contributed by atoms with van der Waals surface area (Å²) in [4.78, 5) is 17.1. The summed E-state index contributed by atoms with van der Waals surface area (Å²) in [7, 11) is -1.10. The van der Waals surface area contributed by atoms with E-state index in [0.717, 1.165) is 42.6 Å². The second-order valence-corrected chi connectivity index (χ2v) is 10.9. The van der Waals surface area contributed by atoms with Crippen LogP contribution in [0.4, 0.5) is 4.79 Å². The Morgan fingerprint density at radius 1 is 1.13 bits per heavy atom. The Bertz CT molecular complexity index is 1080. The molecule has 3 aromatic rings. The third-order valence-corrected chi connectivity index (χ3v) is 7.47. The average molecular weight is 618 g/mol. The van der Waals surface area contributed by atoms with Gasteiger partial charge in [0.1, 0.15) is 17.6 Å². The van der Waals surface area contributed by atoms with E-state index in [0.29, 0.717) is 25.4 Å². The van der Waals surface area contributed by atoms with Gasteiger partial charge in [-0.25, -0.2) is 4.79 Å². The van der Waals surface area contributed by atoms with E-state index in [-0.39, 0.29) is 12.7 Å². The van der Waals surface area contributed by atoms with Crippen LogP contribution in [0.25, 0.3) is 11.0 Å². The molecule has 1 amide bonds. The number of nitrogens with zero attached hydrogens (tertiary/aromatic N) is 4. The molecule has 0 aliphatic carbocycles. The number of halogens is 2. The molecule has 1 N–H and O–H groups in total. The molecular weight excluding hydrogens is 597 g/mol. The normalized spacial score (nSPS) is 15.9. The van der Waals surface area contributed by atoms with Gasteiger partial charge < -0.3 is 9.64 Å². The summed E-state index contributed by atoms with van der Waals surface area (Å²) in [6.07, 6.45) is -0.292. The maximum atomic E-state index is 12.6. The Balaban J connectivity index is 1.21. The molecule has 0 spiro atoms.